The van der Waals surface area contributed by atoms with Gasteiger partial charge in [0.05, 0.1) is 22.8 Å². The van der Waals surface area contributed by atoms with Gasteiger partial charge in [0.2, 0.25) is 0 Å². The van der Waals surface area contributed by atoms with E-state index in [1.165, 1.54) is 6.33 Å². The zero-order chi connectivity index (χ0) is 23.2. The summed E-state index contributed by atoms with van der Waals surface area (Å²) in [5.74, 6) is 1.14. The van der Waals surface area contributed by atoms with Gasteiger partial charge in [-0.1, -0.05) is 6.07 Å². The third-order valence-electron chi connectivity index (χ3n) is 5.92. The van der Waals surface area contributed by atoms with E-state index in [1.54, 1.807) is 6.07 Å². The fourth-order valence-electron chi connectivity index (χ4n) is 4.60. The summed E-state index contributed by atoms with van der Waals surface area (Å²) >= 11 is 1.08. The number of hydrogen-bond donors (Lipinski definition) is 2. The van der Waals surface area contributed by atoms with Crippen molar-refractivity contribution < 1.29 is 13.2 Å². The van der Waals surface area contributed by atoms with Gasteiger partial charge in [-0.2, -0.15) is 13.2 Å². The Balaban J connectivity index is 1.24. The normalized spacial score (nSPS) is 17.1. The average molecular weight is 477 g/mol. The molecule has 1 saturated heterocycles. The Hall–Kier alpha value is -2.92. The minimum Gasteiger partial charge on any atom is -0.356 e. The van der Waals surface area contributed by atoms with E-state index in [0.29, 0.717) is 16.1 Å². The summed E-state index contributed by atoms with van der Waals surface area (Å²) in [6, 6.07) is 7.49. The lowest BCUT2D eigenvalue weighted by atomic mass is 10.1. The molecule has 5 rings (SSSR count). The zero-order valence-corrected chi connectivity index (χ0v) is 18.8. The summed E-state index contributed by atoms with van der Waals surface area (Å²) < 4.78 is 38.4. The summed E-state index contributed by atoms with van der Waals surface area (Å²) in [4.78, 5) is 30.8. The van der Waals surface area contributed by atoms with Crippen molar-refractivity contribution in [2.75, 3.05) is 31.6 Å². The molecule has 1 aliphatic heterocycles. The first-order valence-electron chi connectivity index (χ1n) is 10.7. The number of nitrogens with one attached hydrogen (secondary N) is 2. The van der Waals surface area contributed by atoms with E-state index in [9.17, 15) is 18.0 Å². The molecule has 4 heterocycles. The van der Waals surface area contributed by atoms with Crippen LogP contribution in [-0.4, -0.2) is 57.7 Å². The number of fused-ring (bicyclic) bond motifs is 2. The van der Waals surface area contributed by atoms with Crippen LogP contribution in [0.5, 0.6) is 0 Å². The fourth-order valence-corrected chi connectivity index (χ4v) is 5.62. The van der Waals surface area contributed by atoms with Crippen LogP contribution in [0.1, 0.15) is 16.9 Å². The quantitative estimate of drug-likeness (QED) is 0.441. The molecule has 1 aliphatic rings. The largest absolute Gasteiger partial charge is 0.393 e. The number of anilines is 1. The SMILES string of the molecule is CN(Cc1ccc2[nH]c(=O)[nH]c2c1)CC1CCN(c2ncnc3sc(CC(F)(F)F)cc23)C1. The maximum atomic E-state index is 12.8. The number of hydrogen-bond acceptors (Lipinski definition) is 6. The van der Waals surface area contributed by atoms with Crippen LogP contribution in [0.15, 0.2) is 35.4 Å². The molecule has 0 saturated carbocycles. The zero-order valence-electron chi connectivity index (χ0n) is 17.9. The van der Waals surface area contributed by atoms with Gasteiger partial charge in [0.15, 0.2) is 0 Å². The number of H-pyrrole nitrogens is 2. The highest BCUT2D eigenvalue weighted by molar-refractivity contribution is 7.18. The molecule has 0 aliphatic carbocycles. The van der Waals surface area contributed by atoms with Crippen molar-refractivity contribution >= 4 is 38.4 Å². The van der Waals surface area contributed by atoms with Crippen LogP contribution in [0.2, 0.25) is 0 Å². The Morgan fingerprint density at radius 2 is 2.03 bits per heavy atom. The average Bonchev–Trinajstić information content (AvgIpc) is 3.43. The Morgan fingerprint density at radius 1 is 1.21 bits per heavy atom. The summed E-state index contributed by atoms with van der Waals surface area (Å²) in [6.45, 7) is 3.24. The lowest BCUT2D eigenvalue weighted by Gasteiger charge is -2.22. The standard InChI is InChI=1S/C22H23F3N6OS/c1-30(9-13-2-3-17-18(6-13)29-21(32)28-17)10-14-4-5-31(11-14)19-16-7-15(8-22(23,24)25)33-20(16)27-12-26-19/h2-3,6-7,12,14H,4-5,8-11H2,1H3,(H2,28,29,32). The Kier molecular flexibility index (Phi) is 5.61. The number of nitrogens with zero attached hydrogens (tertiary/aromatic N) is 4. The molecule has 7 nitrogen and oxygen atoms in total. The number of imidazole rings is 1. The number of halogens is 3. The first-order chi connectivity index (χ1) is 15.7. The molecule has 1 aromatic carbocycles. The van der Waals surface area contributed by atoms with E-state index in [0.717, 1.165) is 66.4 Å². The number of thiophene rings is 1. The third-order valence-corrected chi connectivity index (χ3v) is 6.97. The van der Waals surface area contributed by atoms with E-state index in [1.807, 2.05) is 18.2 Å². The van der Waals surface area contributed by atoms with Crippen LogP contribution >= 0.6 is 11.3 Å². The molecule has 0 bridgehead atoms. The summed E-state index contributed by atoms with van der Waals surface area (Å²) in [5, 5.41) is 0.699. The minimum absolute atomic E-state index is 0.212. The number of benzene rings is 1. The van der Waals surface area contributed by atoms with Crippen LogP contribution in [0.3, 0.4) is 0 Å². The highest BCUT2D eigenvalue weighted by Crippen LogP contribution is 2.35. The van der Waals surface area contributed by atoms with Crippen molar-refractivity contribution in [2.45, 2.75) is 25.6 Å². The van der Waals surface area contributed by atoms with Crippen LogP contribution in [0, 0.1) is 5.92 Å². The molecule has 174 valence electrons. The van der Waals surface area contributed by atoms with Gasteiger partial charge in [-0.15, -0.1) is 11.3 Å². The number of rotatable bonds is 6. The maximum Gasteiger partial charge on any atom is 0.393 e. The van der Waals surface area contributed by atoms with Crippen LogP contribution in [0.4, 0.5) is 19.0 Å². The van der Waals surface area contributed by atoms with Crippen molar-refractivity contribution in [3.05, 3.63) is 51.5 Å². The molecule has 0 radical (unpaired) electrons. The highest BCUT2D eigenvalue weighted by Gasteiger charge is 2.30. The van der Waals surface area contributed by atoms with Crippen LogP contribution in [0.25, 0.3) is 21.3 Å². The second-order valence-corrected chi connectivity index (χ2v) is 9.79. The van der Waals surface area contributed by atoms with Gasteiger partial charge in [-0.25, -0.2) is 14.8 Å². The monoisotopic (exact) mass is 476 g/mol. The second-order valence-electron chi connectivity index (χ2n) is 8.68. The molecule has 1 atom stereocenters. The Morgan fingerprint density at radius 3 is 2.85 bits per heavy atom. The first-order valence-corrected chi connectivity index (χ1v) is 11.5. The summed E-state index contributed by atoms with van der Waals surface area (Å²) in [7, 11) is 2.07. The molecule has 11 heteroatoms. The number of aromatic amines is 2. The molecule has 1 unspecified atom stereocenters. The predicted molar refractivity (Wildman–Crippen MR) is 123 cm³/mol. The Labute approximate surface area is 191 Å². The third kappa shape index (κ3) is 4.88. The van der Waals surface area contributed by atoms with Crippen LogP contribution in [-0.2, 0) is 13.0 Å². The van der Waals surface area contributed by atoms with Crippen molar-refractivity contribution in [3.63, 3.8) is 0 Å². The lowest BCUT2D eigenvalue weighted by Crippen LogP contribution is -2.28. The predicted octanol–water partition coefficient (Wildman–Crippen LogP) is 3.92. The van der Waals surface area contributed by atoms with Gasteiger partial charge in [0.25, 0.3) is 0 Å². The summed E-state index contributed by atoms with van der Waals surface area (Å²) in [5.41, 5.74) is 2.49. The highest BCUT2D eigenvalue weighted by atomic mass is 32.1. The van der Waals surface area contributed by atoms with Crippen molar-refractivity contribution in [1.29, 1.82) is 0 Å². The van der Waals surface area contributed by atoms with Crippen molar-refractivity contribution in [1.82, 2.24) is 24.8 Å². The lowest BCUT2D eigenvalue weighted by molar-refractivity contribution is -0.126. The molecule has 2 N–H and O–H groups in total. The molecule has 3 aromatic heterocycles. The van der Waals surface area contributed by atoms with Gasteiger partial charge in [0, 0.05) is 31.1 Å². The second kappa shape index (κ2) is 8.45. The molecule has 0 spiro atoms. The van der Waals surface area contributed by atoms with Crippen molar-refractivity contribution in [3.8, 4) is 0 Å². The van der Waals surface area contributed by atoms with Crippen LogP contribution < -0.4 is 10.6 Å². The first kappa shape index (κ1) is 21.9. The molecule has 4 aromatic rings. The molecule has 33 heavy (non-hydrogen) atoms. The fraction of sp³-hybridized carbons (Fsp3) is 0.409. The van der Waals surface area contributed by atoms with Gasteiger partial charge >= 0.3 is 11.9 Å². The van der Waals surface area contributed by atoms with E-state index in [4.69, 9.17) is 0 Å². The number of alkyl halides is 3. The van der Waals surface area contributed by atoms with Crippen molar-refractivity contribution in [2.24, 2.45) is 5.92 Å². The van der Waals surface area contributed by atoms with E-state index < -0.39 is 12.6 Å². The van der Waals surface area contributed by atoms with Gasteiger partial charge < -0.3 is 19.8 Å². The van der Waals surface area contributed by atoms with E-state index in [2.05, 4.69) is 36.8 Å². The molecule has 1 fully saturated rings. The smallest absolute Gasteiger partial charge is 0.356 e. The van der Waals surface area contributed by atoms with Gasteiger partial charge in [-0.3, -0.25) is 0 Å². The van der Waals surface area contributed by atoms with Gasteiger partial charge in [0.1, 0.15) is 17.0 Å². The van der Waals surface area contributed by atoms with E-state index in [-0.39, 0.29) is 10.6 Å². The minimum atomic E-state index is -4.24. The molecular weight excluding hydrogens is 453 g/mol. The molecular formula is C22H23F3N6OS. The topological polar surface area (TPSA) is 80.9 Å². The summed E-state index contributed by atoms with van der Waals surface area (Å²) in [6.07, 6.45) is -2.76. The number of aromatic nitrogens is 4. The molecule has 0 amide bonds. The maximum absolute atomic E-state index is 12.8. The van der Waals surface area contributed by atoms with E-state index >= 15 is 0 Å². The Bertz CT molecular complexity index is 1340. The van der Waals surface area contributed by atoms with Gasteiger partial charge in [-0.05, 0) is 43.1 Å².